The van der Waals surface area contributed by atoms with Crippen LogP contribution in [0.5, 0.6) is 0 Å². The molecule has 0 amide bonds. The van der Waals surface area contributed by atoms with Gasteiger partial charge in [-0.3, -0.25) is 0 Å². The van der Waals surface area contributed by atoms with E-state index in [0.717, 1.165) is 0 Å². The van der Waals surface area contributed by atoms with E-state index in [1.165, 1.54) is 0 Å². The summed E-state index contributed by atoms with van der Waals surface area (Å²) >= 11 is 0. The van der Waals surface area contributed by atoms with Crippen molar-refractivity contribution >= 4 is 46.1 Å². The first-order chi connectivity index (χ1) is 0. The van der Waals surface area contributed by atoms with Crippen molar-refractivity contribution in [2.24, 2.45) is 0 Å². The summed E-state index contributed by atoms with van der Waals surface area (Å²) in [7, 11) is 0. The second kappa shape index (κ2) is 27.5. The van der Waals surface area contributed by atoms with Gasteiger partial charge in [0.1, 0.15) is 0 Å². The SMILES string of the molecule is [Fe].[Fe].[Mg].[Mg].[Mn]. The molecule has 5 heteroatoms. The Morgan fingerprint density at radius 1 is 0.600 bits per heavy atom. The second-order valence-corrected chi connectivity index (χ2v) is 0. The first kappa shape index (κ1) is 42.6. The molecule has 0 aromatic carbocycles. The van der Waals surface area contributed by atoms with Gasteiger partial charge in [0.25, 0.3) is 0 Å². The normalized spacial score (nSPS) is 0. The predicted octanol–water partition coefficient (Wildman–Crippen LogP) is -0.769. The molecule has 5 heavy (non-hydrogen) atoms. The molecule has 0 aromatic heterocycles. The van der Waals surface area contributed by atoms with Crippen molar-refractivity contribution in [2.45, 2.75) is 0 Å². The minimum Gasteiger partial charge on any atom is 0 e. The van der Waals surface area contributed by atoms with Gasteiger partial charge in [-0.15, -0.1) is 0 Å². The molecule has 5 radical (unpaired) electrons. The van der Waals surface area contributed by atoms with E-state index in [1.807, 2.05) is 0 Å². The van der Waals surface area contributed by atoms with Crippen molar-refractivity contribution in [1.29, 1.82) is 0 Å². The summed E-state index contributed by atoms with van der Waals surface area (Å²) in [5, 5.41) is 0. The fraction of sp³-hybridized carbons (Fsp3) is 0. The van der Waals surface area contributed by atoms with Crippen LogP contribution in [0.1, 0.15) is 0 Å². The maximum absolute atomic E-state index is 0. The van der Waals surface area contributed by atoms with Crippen LogP contribution in [-0.4, -0.2) is 46.1 Å². The monoisotopic (exact) mass is 215 g/mol. The molecule has 0 rings (SSSR count). The summed E-state index contributed by atoms with van der Waals surface area (Å²) in [6, 6.07) is 0. The van der Waals surface area contributed by atoms with Crippen molar-refractivity contribution in [1.82, 2.24) is 0 Å². The summed E-state index contributed by atoms with van der Waals surface area (Å²) in [6.45, 7) is 0. The van der Waals surface area contributed by atoms with Gasteiger partial charge in [-0.25, -0.2) is 0 Å². The predicted molar refractivity (Wildman–Crippen MR) is 11.5 cm³/mol. The zero-order chi connectivity index (χ0) is 0. The van der Waals surface area contributed by atoms with Crippen LogP contribution >= 0.6 is 0 Å². The Morgan fingerprint density at radius 3 is 0.600 bits per heavy atom. The summed E-state index contributed by atoms with van der Waals surface area (Å²) in [6.07, 6.45) is 0. The smallest absolute Gasteiger partial charge is 0 e. The van der Waals surface area contributed by atoms with Crippen molar-refractivity contribution in [3.63, 3.8) is 0 Å². The molecule has 0 fully saturated rings. The standard InChI is InChI=1S/2Fe.2Mg.Mn. The van der Waals surface area contributed by atoms with Crippen LogP contribution in [0.25, 0.3) is 0 Å². The average molecular weight is 215 g/mol. The fourth-order valence-electron chi connectivity index (χ4n) is 0. The number of hydrogen-bond acceptors (Lipinski definition) is 0. The van der Waals surface area contributed by atoms with Crippen molar-refractivity contribution in [3.05, 3.63) is 0 Å². The number of rotatable bonds is 0. The van der Waals surface area contributed by atoms with Crippen LogP contribution in [0.3, 0.4) is 0 Å². The Balaban J connectivity index is 0. The Kier molecular flexibility index (Phi) is 235. The first-order valence-corrected chi connectivity index (χ1v) is 0. The largest absolute Gasteiger partial charge is 0 e. The molecule has 0 aliphatic carbocycles. The molecule has 0 saturated carbocycles. The van der Waals surface area contributed by atoms with Gasteiger partial charge in [-0.2, -0.15) is 0 Å². The van der Waals surface area contributed by atoms with Crippen LogP contribution in [0, 0.1) is 0 Å². The Hall–Kier alpha value is 3.09. The first-order valence-electron chi connectivity index (χ1n) is 0. The molecule has 0 spiro atoms. The van der Waals surface area contributed by atoms with Crippen LogP contribution < -0.4 is 0 Å². The minimum absolute atomic E-state index is 0. The zero-order valence-electron chi connectivity index (χ0n) is 2.50. The molecule has 27 valence electrons. The molecule has 0 aromatic rings. The average Bonchev–Trinajstić information content (AvgIpc) is 0. The van der Waals surface area contributed by atoms with E-state index >= 15 is 0 Å². The van der Waals surface area contributed by atoms with Gasteiger partial charge < -0.3 is 0 Å². The molecule has 0 N–H and O–H groups in total. The van der Waals surface area contributed by atoms with E-state index in [2.05, 4.69) is 0 Å². The van der Waals surface area contributed by atoms with Gasteiger partial charge in [-0.1, -0.05) is 0 Å². The van der Waals surface area contributed by atoms with E-state index in [-0.39, 0.29) is 97.3 Å². The van der Waals surface area contributed by atoms with Crippen molar-refractivity contribution in [3.8, 4) is 0 Å². The Labute approximate surface area is 95.7 Å². The molecular weight excluding hydrogens is 215 g/mol. The molecule has 0 bridgehead atoms. The summed E-state index contributed by atoms with van der Waals surface area (Å²) in [4.78, 5) is 0. The minimum atomic E-state index is 0. The van der Waals surface area contributed by atoms with E-state index in [0.29, 0.717) is 0 Å². The van der Waals surface area contributed by atoms with E-state index in [1.54, 1.807) is 0 Å². The molecular formula is Fe2Mg2Mn. The van der Waals surface area contributed by atoms with Crippen LogP contribution in [0.4, 0.5) is 0 Å². The molecule has 0 nitrogen and oxygen atoms in total. The Morgan fingerprint density at radius 2 is 0.600 bits per heavy atom. The van der Waals surface area contributed by atoms with Gasteiger partial charge in [0.05, 0.1) is 0 Å². The molecule has 0 atom stereocenters. The van der Waals surface area contributed by atoms with E-state index in [4.69, 9.17) is 0 Å². The number of hydrogen-bond donors (Lipinski definition) is 0. The van der Waals surface area contributed by atoms with Crippen molar-refractivity contribution in [2.75, 3.05) is 0 Å². The third kappa shape index (κ3) is 19.2. The van der Waals surface area contributed by atoms with Crippen LogP contribution in [-0.2, 0) is 51.2 Å². The molecule has 0 unspecified atom stereocenters. The quantitative estimate of drug-likeness (QED) is 0.466. The fourth-order valence-corrected chi connectivity index (χ4v) is 0. The maximum atomic E-state index is 0. The molecule has 0 aliphatic heterocycles. The summed E-state index contributed by atoms with van der Waals surface area (Å²) in [5.41, 5.74) is 0. The summed E-state index contributed by atoms with van der Waals surface area (Å²) in [5.74, 6) is 0. The molecule has 0 aliphatic rings. The van der Waals surface area contributed by atoms with E-state index < -0.39 is 0 Å². The molecule has 0 heterocycles. The topological polar surface area (TPSA) is 0 Å². The van der Waals surface area contributed by atoms with Gasteiger partial charge in [-0.05, 0) is 0 Å². The molecule has 0 saturated heterocycles. The summed E-state index contributed by atoms with van der Waals surface area (Å²) < 4.78 is 0. The zero-order valence-corrected chi connectivity index (χ0v) is 8.72. The van der Waals surface area contributed by atoms with E-state index in [9.17, 15) is 0 Å². The third-order valence-corrected chi connectivity index (χ3v) is 0. The second-order valence-electron chi connectivity index (χ2n) is 0. The van der Waals surface area contributed by atoms with Gasteiger partial charge in [0.15, 0.2) is 0 Å². The van der Waals surface area contributed by atoms with Crippen molar-refractivity contribution < 1.29 is 51.2 Å². The van der Waals surface area contributed by atoms with Gasteiger partial charge in [0, 0.05) is 97.3 Å². The van der Waals surface area contributed by atoms with Gasteiger partial charge >= 0.3 is 0 Å². The Bertz CT molecular complexity index is 7.61. The van der Waals surface area contributed by atoms with Crippen LogP contribution in [0.2, 0.25) is 0 Å². The van der Waals surface area contributed by atoms with Gasteiger partial charge in [0.2, 0.25) is 0 Å². The van der Waals surface area contributed by atoms with Crippen LogP contribution in [0.15, 0.2) is 0 Å². The maximum Gasteiger partial charge on any atom is 0 e. The third-order valence-electron chi connectivity index (χ3n) is 0.